The minimum absolute atomic E-state index is 0.00262. The van der Waals surface area contributed by atoms with Crippen molar-refractivity contribution in [2.45, 2.75) is 25.8 Å². The van der Waals surface area contributed by atoms with Crippen LogP contribution in [0.3, 0.4) is 0 Å². The third-order valence-corrected chi connectivity index (χ3v) is 4.13. The van der Waals surface area contributed by atoms with E-state index >= 15 is 0 Å². The summed E-state index contributed by atoms with van der Waals surface area (Å²) in [5.41, 5.74) is 7.48. The van der Waals surface area contributed by atoms with Crippen LogP contribution in [0.2, 0.25) is 0 Å². The zero-order valence-electron chi connectivity index (χ0n) is 10.1. The van der Waals surface area contributed by atoms with Gasteiger partial charge in [0.2, 0.25) is 0 Å². The smallest absolute Gasteiger partial charge is 0.255 e. The zero-order valence-corrected chi connectivity index (χ0v) is 12.6. The lowest BCUT2D eigenvalue weighted by molar-refractivity contribution is 0.0769. The Bertz CT molecular complexity index is 504. The standard InChI is InChI=1S/C13H15BrN2OS/c1-8-4-5-9(10(14)7-8)13(17)16-6-2-3-11(16)12(15)18/h4-5,7,11H,2-3,6H2,1H3,(H2,15,18). The van der Waals surface area contributed by atoms with Crippen LogP contribution in [0.1, 0.15) is 28.8 Å². The minimum atomic E-state index is -0.0966. The fraction of sp³-hybridized carbons (Fsp3) is 0.385. The first-order valence-corrected chi connectivity index (χ1v) is 7.07. The van der Waals surface area contributed by atoms with Crippen molar-refractivity contribution in [1.29, 1.82) is 0 Å². The molecule has 1 aromatic rings. The van der Waals surface area contributed by atoms with E-state index in [0.29, 0.717) is 10.6 Å². The molecule has 1 aromatic carbocycles. The molecule has 18 heavy (non-hydrogen) atoms. The molecule has 0 radical (unpaired) electrons. The second kappa shape index (κ2) is 5.36. The number of rotatable bonds is 2. The lowest BCUT2D eigenvalue weighted by Crippen LogP contribution is -2.42. The molecule has 0 bridgehead atoms. The number of thiocarbonyl (C=S) groups is 1. The van der Waals surface area contributed by atoms with Crippen molar-refractivity contribution in [3.63, 3.8) is 0 Å². The van der Waals surface area contributed by atoms with E-state index in [2.05, 4.69) is 15.9 Å². The van der Waals surface area contributed by atoms with Crippen LogP contribution in [-0.2, 0) is 0 Å². The fourth-order valence-electron chi connectivity index (χ4n) is 2.25. The highest BCUT2D eigenvalue weighted by Crippen LogP contribution is 2.25. The largest absolute Gasteiger partial charge is 0.392 e. The molecule has 3 nitrogen and oxygen atoms in total. The molecule has 0 aromatic heterocycles. The van der Waals surface area contributed by atoms with E-state index < -0.39 is 0 Å². The van der Waals surface area contributed by atoms with Gasteiger partial charge in [-0.2, -0.15) is 0 Å². The van der Waals surface area contributed by atoms with Crippen LogP contribution >= 0.6 is 28.1 Å². The van der Waals surface area contributed by atoms with Crippen molar-refractivity contribution < 1.29 is 4.79 Å². The molecule has 1 aliphatic heterocycles. The Balaban J connectivity index is 2.28. The van der Waals surface area contributed by atoms with Crippen molar-refractivity contribution >= 4 is 39.0 Å². The molecule has 0 aliphatic carbocycles. The third kappa shape index (κ3) is 2.57. The normalized spacial score (nSPS) is 19.0. The number of hydrogen-bond donors (Lipinski definition) is 1. The average Bonchev–Trinajstić information content (AvgIpc) is 2.77. The molecule has 1 aliphatic rings. The molecular weight excluding hydrogens is 312 g/mol. The summed E-state index contributed by atoms with van der Waals surface area (Å²) in [4.78, 5) is 14.7. The van der Waals surface area contributed by atoms with Crippen LogP contribution in [0.25, 0.3) is 0 Å². The maximum absolute atomic E-state index is 12.5. The first-order chi connectivity index (χ1) is 8.50. The summed E-state index contributed by atoms with van der Waals surface area (Å²) in [5, 5.41) is 0. The quantitative estimate of drug-likeness (QED) is 0.850. The maximum Gasteiger partial charge on any atom is 0.255 e. The number of carbonyl (C=O) groups is 1. The Morgan fingerprint density at radius 1 is 1.56 bits per heavy atom. The maximum atomic E-state index is 12.5. The molecule has 96 valence electrons. The summed E-state index contributed by atoms with van der Waals surface area (Å²) >= 11 is 8.47. The van der Waals surface area contributed by atoms with E-state index in [1.54, 1.807) is 4.90 Å². The van der Waals surface area contributed by atoms with Crippen molar-refractivity contribution in [2.24, 2.45) is 5.73 Å². The highest BCUT2D eigenvalue weighted by atomic mass is 79.9. The van der Waals surface area contributed by atoms with Crippen molar-refractivity contribution in [3.05, 3.63) is 33.8 Å². The average molecular weight is 327 g/mol. The second-order valence-electron chi connectivity index (χ2n) is 4.54. The molecule has 0 spiro atoms. The van der Waals surface area contributed by atoms with Gasteiger partial charge < -0.3 is 10.6 Å². The Hall–Kier alpha value is -0.940. The van der Waals surface area contributed by atoms with Gasteiger partial charge in [-0.15, -0.1) is 0 Å². The summed E-state index contributed by atoms with van der Waals surface area (Å²) in [5.74, 6) is -0.00262. The predicted molar refractivity (Wildman–Crippen MR) is 79.7 cm³/mol. The highest BCUT2D eigenvalue weighted by Gasteiger charge is 2.31. The number of halogens is 1. The van der Waals surface area contributed by atoms with E-state index in [-0.39, 0.29) is 11.9 Å². The SMILES string of the molecule is Cc1ccc(C(=O)N2CCCC2C(N)=S)c(Br)c1. The van der Waals surface area contributed by atoms with E-state index in [9.17, 15) is 4.79 Å². The number of carbonyl (C=O) groups excluding carboxylic acids is 1. The molecule has 5 heteroatoms. The molecule has 0 saturated carbocycles. The molecular formula is C13H15BrN2OS. The van der Waals surface area contributed by atoms with Gasteiger partial charge in [0, 0.05) is 11.0 Å². The van der Waals surface area contributed by atoms with Crippen LogP contribution in [-0.4, -0.2) is 28.4 Å². The Kier molecular flexibility index (Phi) is 4.02. The van der Waals surface area contributed by atoms with Gasteiger partial charge in [0.05, 0.1) is 16.6 Å². The molecule has 1 fully saturated rings. The number of amides is 1. The van der Waals surface area contributed by atoms with E-state index in [1.165, 1.54) is 0 Å². The van der Waals surface area contributed by atoms with E-state index in [4.69, 9.17) is 18.0 Å². The first kappa shape index (κ1) is 13.5. The van der Waals surface area contributed by atoms with Gasteiger partial charge in [-0.25, -0.2) is 0 Å². The second-order valence-corrected chi connectivity index (χ2v) is 5.87. The zero-order chi connectivity index (χ0) is 13.3. The van der Waals surface area contributed by atoms with Gasteiger partial charge in [0.25, 0.3) is 5.91 Å². The monoisotopic (exact) mass is 326 g/mol. The molecule has 1 saturated heterocycles. The van der Waals surface area contributed by atoms with Crippen LogP contribution in [0.5, 0.6) is 0 Å². The first-order valence-electron chi connectivity index (χ1n) is 5.87. The van der Waals surface area contributed by atoms with Gasteiger partial charge >= 0.3 is 0 Å². The van der Waals surface area contributed by atoms with Crippen molar-refractivity contribution in [3.8, 4) is 0 Å². The number of aryl methyl sites for hydroxylation is 1. The third-order valence-electron chi connectivity index (χ3n) is 3.20. The highest BCUT2D eigenvalue weighted by molar-refractivity contribution is 9.10. The number of benzene rings is 1. The molecule has 2 N–H and O–H groups in total. The summed E-state index contributed by atoms with van der Waals surface area (Å²) < 4.78 is 0.820. The van der Waals surface area contributed by atoms with Gasteiger partial charge in [0.15, 0.2) is 0 Å². The number of likely N-dealkylation sites (tertiary alicyclic amines) is 1. The molecule has 1 atom stereocenters. The molecule has 1 heterocycles. The van der Waals surface area contributed by atoms with E-state index in [0.717, 1.165) is 29.4 Å². The number of nitrogens with two attached hydrogens (primary N) is 1. The summed E-state index contributed by atoms with van der Waals surface area (Å²) in [6, 6.07) is 5.63. The van der Waals surface area contributed by atoms with Gasteiger partial charge in [-0.05, 0) is 53.4 Å². The van der Waals surface area contributed by atoms with E-state index in [1.807, 2.05) is 25.1 Å². The Morgan fingerprint density at radius 3 is 2.89 bits per heavy atom. The van der Waals surface area contributed by atoms with Crippen molar-refractivity contribution in [1.82, 2.24) is 4.90 Å². The molecule has 1 unspecified atom stereocenters. The minimum Gasteiger partial charge on any atom is -0.392 e. The Morgan fingerprint density at radius 2 is 2.28 bits per heavy atom. The number of hydrogen-bond acceptors (Lipinski definition) is 2. The summed E-state index contributed by atoms with van der Waals surface area (Å²) in [6.45, 7) is 2.72. The lowest BCUT2D eigenvalue weighted by atomic mass is 10.1. The van der Waals surface area contributed by atoms with Gasteiger partial charge in [0.1, 0.15) is 0 Å². The number of nitrogens with zero attached hydrogens (tertiary/aromatic N) is 1. The molecule has 2 rings (SSSR count). The van der Waals surface area contributed by atoms with Crippen LogP contribution < -0.4 is 5.73 Å². The Labute approximate surface area is 120 Å². The summed E-state index contributed by atoms with van der Waals surface area (Å²) in [6.07, 6.45) is 1.82. The molecule has 1 amide bonds. The van der Waals surface area contributed by atoms with Crippen molar-refractivity contribution in [2.75, 3.05) is 6.54 Å². The van der Waals surface area contributed by atoms with Crippen LogP contribution in [0.4, 0.5) is 0 Å². The lowest BCUT2D eigenvalue weighted by Gasteiger charge is -2.24. The van der Waals surface area contributed by atoms with Gasteiger partial charge in [-0.3, -0.25) is 4.79 Å². The predicted octanol–water partition coefficient (Wildman–Crippen LogP) is 2.65. The van der Waals surface area contributed by atoms with Crippen LogP contribution in [0.15, 0.2) is 22.7 Å². The van der Waals surface area contributed by atoms with Gasteiger partial charge in [-0.1, -0.05) is 18.3 Å². The van der Waals surface area contributed by atoms with Crippen LogP contribution in [0, 0.1) is 6.92 Å². The topological polar surface area (TPSA) is 46.3 Å². The summed E-state index contributed by atoms with van der Waals surface area (Å²) in [7, 11) is 0. The fourth-order valence-corrected chi connectivity index (χ4v) is 3.16.